The molecule has 29 heavy (non-hydrogen) atoms. The Kier molecular flexibility index (Phi) is 6.80. The minimum atomic E-state index is -3.91. The second-order valence-corrected chi connectivity index (χ2v) is 8.29. The first-order valence-electron chi connectivity index (χ1n) is 8.77. The molecule has 0 aliphatic heterocycles. The van der Waals surface area contributed by atoms with Crippen LogP contribution in [0, 0.1) is 17.0 Å². The summed E-state index contributed by atoms with van der Waals surface area (Å²) in [6, 6.07) is 9.41. The van der Waals surface area contributed by atoms with Gasteiger partial charge in [-0.2, -0.15) is 0 Å². The van der Waals surface area contributed by atoms with Gasteiger partial charge in [0.25, 0.3) is 5.69 Å². The Morgan fingerprint density at radius 2 is 1.86 bits per heavy atom. The Bertz CT molecular complexity index is 1010. The van der Waals surface area contributed by atoms with Crippen LogP contribution in [0.2, 0.25) is 0 Å². The molecular formula is C19H23N3O6S. The number of sulfonamides is 1. The number of benzene rings is 2. The molecular weight excluding hydrogens is 398 g/mol. The largest absolute Gasteiger partial charge is 0.497 e. The molecule has 0 fully saturated rings. The number of nitrogens with one attached hydrogen (secondary N) is 1. The highest BCUT2D eigenvalue weighted by Gasteiger charge is 2.33. The summed E-state index contributed by atoms with van der Waals surface area (Å²) in [4.78, 5) is 23.4. The average molecular weight is 421 g/mol. The molecule has 0 spiro atoms. The standard InChI is InChI=1S/C19H23N3O6S/c1-5-17(19(23)20-14-7-10-16(28-3)11-8-14)21(29(4,26)27)18-12-15(22(24)25)9-6-13(18)2/h6-12,17H,5H2,1-4H3,(H,20,23)/t17-/m0/s1. The van der Waals surface area contributed by atoms with Crippen molar-refractivity contribution in [1.82, 2.24) is 0 Å². The molecule has 0 aromatic heterocycles. The lowest BCUT2D eigenvalue weighted by molar-refractivity contribution is -0.384. The maximum Gasteiger partial charge on any atom is 0.271 e. The molecule has 1 atom stereocenters. The average Bonchev–Trinajstić information content (AvgIpc) is 2.66. The smallest absolute Gasteiger partial charge is 0.271 e. The highest BCUT2D eigenvalue weighted by molar-refractivity contribution is 7.92. The number of carbonyl (C=O) groups excluding carboxylic acids is 1. The van der Waals surface area contributed by atoms with Crippen LogP contribution < -0.4 is 14.4 Å². The van der Waals surface area contributed by atoms with Crippen molar-refractivity contribution in [3.05, 3.63) is 58.1 Å². The molecule has 10 heteroatoms. The molecule has 0 heterocycles. The number of hydrogen-bond donors (Lipinski definition) is 1. The van der Waals surface area contributed by atoms with Gasteiger partial charge < -0.3 is 10.1 Å². The van der Waals surface area contributed by atoms with E-state index in [4.69, 9.17) is 4.74 Å². The molecule has 156 valence electrons. The molecule has 0 radical (unpaired) electrons. The Hall–Kier alpha value is -3.14. The van der Waals surface area contributed by atoms with Crippen molar-refractivity contribution in [3.8, 4) is 5.75 Å². The molecule has 0 aliphatic carbocycles. The van der Waals surface area contributed by atoms with E-state index >= 15 is 0 Å². The Labute approximate surface area is 169 Å². The van der Waals surface area contributed by atoms with Crippen molar-refractivity contribution in [3.63, 3.8) is 0 Å². The van der Waals surface area contributed by atoms with E-state index in [1.165, 1.54) is 25.3 Å². The van der Waals surface area contributed by atoms with Gasteiger partial charge in [0.05, 0.1) is 24.0 Å². The van der Waals surface area contributed by atoms with Gasteiger partial charge in [-0.05, 0) is 43.2 Å². The number of anilines is 2. The molecule has 9 nitrogen and oxygen atoms in total. The number of nitro benzene ring substituents is 1. The topological polar surface area (TPSA) is 119 Å². The third-order valence-corrected chi connectivity index (χ3v) is 5.49. The van der Waals surface area contributed by atoms with Gasteiger partial charge in [0, 0.05) is 17.8 Å². The zero-order valence-corrected chi connectivity index (χ0v) is 17.4. The van der Waals surface area contributed by atoms with E-state index < -0.39 is 26.9 Å². The van der Waals surface area contributed by atoms with E-state index in [0.717, 1.165) is 10.6 Å². The highest BCUT2D eigenvalue weighted by atomic mass is 32.2. The van der Waals surface area contributed by atoms with E-state index in [0.29, 0.717) is 17.0 Å². The van der Waals surface area contributed by atoms with Crippen molar-refractivity contribution < 1.29 is 22.9 Å². The van der Waals surface area contributed by atoms with Gasteiger partial charge in [0.2, 0.25) is 15.9 Å². The normalized spacial score (nSPS) is 12.1. The van der Waals surface area contributed by atoms with Crippen molar-refractivity contribution in [2.75, 3.05) is 23.0 Å². The summed E-state index contributed by atoms with van der Waals surface area (Å²) in [6.45, 7) is 3.30. The summed E-state index contributed by atoms with van der Waals surface area (Å²) >= 11 is 0. The monoisotopic (exact) mass is 421 g/mol. The van der Waals surface area contributed by atoms with Crippen LogP contribution in [-0.4, -0.2) is 38.7 Å². The van der Waals surface area contributed by atoms with Crippen LogP contribution in [0.4, 0.5) is 17.1 Å². The van der Waals surface area contributed by atoms with Crippen LogP contribution in [0.1, 0.15) is 18.9 Å². The van der Waals surface area contributed by atoms with E-state index in [-0.39, 0.29) is 17.8 Å². The second kappa shape index (κ2) is 8.91. The Morgan fingerprint density at radius 1 is 1.24 bits per heavy atom. The van der Waals surface area contributed by atoms with Gasteiger partial charge >= 0.3 is 0 Å². The molecule has 0 saturated carbocycles. The first-order chi connectivity index (χ1) is 13.6. The number of amides is 1. The molecule has 0 saturated heterocycles. The SMILES string of the molecule is CC[C@@H](C(=O)Nc1ccc(OC)cc1)N(c1cc([N+](=O)[O-])ccc1C)S(C)(=O)=O. The number of aryl methyl sites for hydroxylation is 1. The third kappa shape index (κ3) is 5.23. The summed E-state index contributed by atoms with van der Waals surface area (Å²) < 4.78 is 31.1. The lowest BCUT2D eigenvalue weighted by Crippen LogP contribution is -2.47. The molecule has 0 aliphatic rings. The number of hydrogen-bond acceptors (Lipinski definition) is 6. The summed E-state index contributed by atoms with van der Waals surface area (Å²) in [7, 11) is -2.39. The van der Waals surface area contributed by atoms with Crippen LogP contribution in [0.3, 0.4) is 0 Å². The molecule has 2 aromatic rings. The second-order valence-electron chi connectivity index (χ2n) is 6.43. The number of rotatable bonds is 8. The van der Waals surface area contributed by atoms with Crippen molar-refractivity contribution in [2.24, 2.45) is 0 Å². The predicted molar refractivity (Wildman–Crippen MR) is 111 cm³/mol. The van der Waals surface area contributed by atoms with Gasteiger partial charge in [-0.1, -0.05) is 13.0 Å². The van der Waals surface area contributed by atoms with Crippen molar-refractivity contribution in [1.29, 1.82) is 0 Å². The molecule has 2 rings (SSSR count). The summed E-state index contributed by atoms with van der Waals surface area (Å²) in [5.74, 6) is 0.0639. The molecule has 0 unspecified atom stereocenters. The van der Waals surface area contributed by atoms with Crippen molar-refractivity contribution in [2.45, 2.75) is 26.3 Å². The van der Waals surface area contributed by atoms with E-state index in [1.807, 2.05) is 0 Å². The minimum Gasteiger partial charge on any atom is -0.497 e. The lowest BCUT2D eigenvalue weighted by Gasteiger charge is -2.31. The van der Waals surface area contributed by atoms with Crippen LogP contribution in [0.5, 0.6) is 5.75 Å². The molecule has 2 aromatic carbocycles. The third-order valence-electron chi connectivity index (χ3n) is 4.33. The Balaban J connectivity index is 2.45. The molecule has 1 N–H and O–H groups in total. The van der Waals surface area contributed by atoms with Crippen LogP contribution in [0.15, 0.2) is 42.5 Å². The van der Waals surface area contributed by atoms with E-state index in [2.05, 4.69) is 5.32 Å². The minimum absolute atomic E-state index is 0.0958. The van der Waals surface area contributed by atoms with Gasteiger partial charge in [-0.3, -0.25) is 19.2 Å². The predicted octanol–water partition coefficient (Wildman–Crippen LogP) is 3.10. The maximum absolute atomic E-state index is 12.9. The van der Waals surface area contributed by atoms with Gasteiger partial charge in [-0.15, -0.1) is 0 Å². The van der Waals surface area contributed by atoms with Gasteiger partial charge in [0.1, 0.15) is 11.8 Å². The number of nitro groups is 1. The zero-order chi connectivity index (χ0) is 21.8. The maximum atomic E-state index is 12.9. The van der Waals surface area contributed by atoms with Crippen LogP contribution in [-0.2, 0) is 14.8 Å². The van der Waals surface area contributed by atoms with Gasteiger partial charge in [0.15, 0.2) is 0 Å². The van der Waals surface area contributed by atoms with Gasteiger partial charge in [-0.25, -0.2) is 8.42 Å². The zero-order valence-electron chi connectivity index (χ0n) is 16.6. The highest BCUT2D eigenvalue weighted by Crippen LogP contribution is 2.30. The summed E-state index contributed by atoms with van der Waals surface area (Å²) in [5.41, 5.74) is 0.804. The number of methoxy groups -OCH3 is 1. The fraction of sp³-hybridized carbons (Fsp3) is 0.316. The first kappa shape index (κ1) is 22.2. The summed E-state index contributed by atoms with van der Waals surface area (Å²) in [6.07, 6.45) is 1.13. The lowest BCUT2D eigenvalue weighted by atomic mass is 10.1. The summed E-state index contributed by atoms with van der Waals surface area (Å²) in [5, 5.41) is 13.8. The Morgan fingerprint density at radius 3 is 2.34 bits per heavy atom. The molecule has 1 amide bonds. The van der Waals surface area contributed by atoms with Crippen molar-refractivity contribution >= 4 is 33.0 Å². The molecule has 0 bridgehead atoms. The quantitative estimate of drug-likeness (QED) is 0.517. The first-order valence-corrected chi connectivity index (χ1v) is 10.6. The van der Waals surface area contributed by atoms with E-state index in [1.54, 1.807) is 38.1 Å². The fourth-order valence-corrected chi connectivity index (χ4v) is 4.15. The number of nitrogens with zero attached hydrogens (tertiary/aromatic N) is 2. The van der Waals surface area contributed by atoms with Crippen LogP contribution >= 0.6 is 0 Å². The number of ether oxygens (including phenoxy) is 1. The van der Waals surface area contributed by atoms with E-state index in [9.17, 15) is 23.3 Å². The van der Waals surface area contributed by atoms with Crippen LogP contribution in [0.25, 0.3) is 0 Å². The number of carbonyl (C=O) groups is 1. The number of non-ortho nitro benzene ring substituents is 1. The fourth-order valence-electron chi connectivity index (χ4n) is 2.88.